The van der Waals surface area contributed by atoms with Crippen molar-refractivity contribution in [1.82, 2.24) is 10.2 Å². The van der Waals surface area contributed by atoms with Crippen molar-refractivity contribution >= 4 is 50.7 Å². The van der Waals surface area contributed by atoms with E-state index in [0.29, 0.717) is 46.0 Å². The first kappa shape index (κ1) is 30.3. The Morgan fingerprint density at radius 1 is 1.05 bits per heavy atom. The van der Waals surface area contributed by atoms with Gasteiger partial charge in [0.2, 0.25) is 21.8 Å². The molecule has 2 aromatic carbocycles. The number of rotatable bonds is 11. The van der Waals surface area contributed by atoms with Crippen LogP contribution in [0.3, 0.4) is 0 Å². The fourth-order valence-electron chi connectivity index (χ4n) is 5.02. The van der Waals surface area contributed by atoms with Crippen molar-refractivity contribution in [1.29, 1.82) is 0 Å². The van der Waals surface area contributed by atoms with Gasteiger partial charge in [0.05, 0.1) is 11.9 Å². The summed E-state index contributed by atoms with van der Waals surface area (Å²) in [6.07, 6.45) is 5.33. The Labute approximate surface area is 245 Å². The third-order valence-corrected chi connectivity index (χ3v) is 9.13. The van der Waals surface area contributed by atoms with Crippen molar-refractivity contribution in [3.05, 3.63) is 52.0 Å². The fourth-order valence-corrected chi connectivity index (χ4v) is 6.49. The van der Waals surface area contributed by atoms with Crippen LogP contribution in [0.1, 0.15) is 51.0 Å². The van der Waals surface area contributed by atoms with Crippen LogP contribution in [-0.4, -0.2) is 63.2 Å². The monoisotopic (exact) mass is 611 g/mol. The predicted molar refractivity (Wildman–Crippen MR) is 156 cm³/mol. The van der Waals surface area contributed by atoms with Crippen molar-refractivity contribution < 1.29 is 27.5 Å². The van der Waals surface area contributed by atoms with Crippen LogP contribution in [0.4, 0.5) is 5.69 Å². The van der Waals surface area contributed by atoms with Crippen LogP contribution in [0.15, 0.2) is 36.4 Å². The normalized spacial score (nSPS) is 15.9. The lowest BCUT2D eigenvalue weighted by atomic mass is 10.1. The third-order valence-electron chi connectivity index (χ3n) is 7.22. The second-order valence-corrected chi connectivity index (χ2v) is 12.9. The van der Waals surface area contributed by atoms with Crippen LogP contribution in [-0.2, 0) is 26.2 Å². The van der Waals surface area contributed by atoms with Gasteiger partial charge in [-0.3, -0.25) is 13.9 Å². The molecule has 1 unspecified atom stereocenters. The molecule has 12 heteroatoms. The summed E-state index contributed by atoms with van der Waals surface area (Å²) in [4.78, 5) is 28.2. The molecule has 40 heavy (non-hydrogen) atoms. The van der Waals surface area contributed by atoms with Gasteiger partial charge in [-0.1, -0.05) is 42.1 Å². The summed E-state index contributed by atoms with van der Waals surface area (Å²) in [5.74, 6) is 0.480. The van der Waals surface area contributed by atoms with E-state index in [1.165, 1.54) is 9.21 Å². The van der Waals surface area contributed by atoms with E-state index in [4.69, 9.17) is 32.7 Å². The Morgan fingerprint density at radius 3 is 2.35 bits per heavy atom. The molecule has 2 amide bonds. The molecule has 0 saturated heterocycles. The standard InChI is InChI=1S/C28H35Cl2N3O6S/c1-19(28(35)31-20-7-3-4-8-20)32(18-22-23(29)9-5-10-24(22)30)27(34)11-6-14-33(40(2,36)37)21-12-13-25-26(17-21)39-16-15-38-25/h5,9-10,12-13,17,19-20H,3-4,6-8,11,14-16,18H2,1-2H3,(H,31,35). The maximum atomic E-state index is 13.6. The van der Waals surface area contributed by atoms with E-state index in [1.807, 2.05) is 0 Å². The van der Waals surface area contributed by atoms with Crippen LogP contribution in [0.2, 0.25) is 10.0 Å². The van der Waals surface area contributed by atoms with Crippen molar-refractivity contribution in [3.63, 3.8) is 0 Å². The molecule has 2 aliphatic rings. The number of halogens is 2. The van der Waals surface area contributed by atoms with Crippen LogP contribution >= 0.6 is 23.2 Å². The molecule has 0 radical (unpaired) electrons. The number of nitrogens with zero attached hydrogens (tertiary/aromatic N) is 2. The topological polar surface area (TPSA) is 105 Å². The molecule has 1 aliphatic heterocycles. The first-order valence-electron chi connectivity index (χ1n) is 13.4. The predicted octanol–water partition coefficient (Wildman–Crippen LogP) is 4.79. The van der Waals surface area contributed by atoms with Gasteiger partial charge in [0, 0.05) is 47.2 Å². The summed E-state index contributed by atoms with van der Waals surface area (Å²) < 4.78 is 37.7. The molecule has 4 rings (SSSR count). The maximum absolute atomic E-state index is 13.6. The number of benzene rings is 2. The van der Waals surface area contributed by atoms with Crippen LogP contribution in [0.5, 0.6) is 11.5 Å². The van der Waals surface area contributed by atoms with Gasteiger partial charge in [0.25, 0.3) is 0 Å². The van der Waals surface area contributed by atoms with Crippen molar-refractivity contribution in [3.8, 4) is 11.5 Å². The van der Waals surface area contributed by atoms with E-state index < -0.39 is 16.1 Å². The lowest BCUT2D eigenvalue weighted by molar-refractivity contribution is -0.140. The molecule has 218 valence electrons. The Balaban J connectivity index is 1.48. The number of amides is 2. The molecule has 1 fully saturated rings. The lowest BCUT2D eigenvalue weighted by Gasteiger charge is -2.31. The number of carbonyl (C=O) groups is 2. The largest absolute Gasteiger partial charge is 0.486 e. The minimum Gasteiger partial charge on any atom is -0.486 e. The molecule has 9 nitrogen and oxygen atoms in total. The van der Waals surface area contributed by atoms with Crippen molar-refractivity contribution in [2.75, 3.05) is 30.3 Å². The van der Waals surface area contributed by atoms with E-state index in [0.717, 1.165) is 31.9 Å². The van der Waals surface area contributed by atoms with Gasteiger partial charge >= 0.3 is 0 Å². The first-order valence-corrected chi connectivity index (χ1v) is 16.0. The molecule has 1 saturated carbocycles. The van der Waals surface area contributed by atoms with Gasteiger partial charge in [-0.15, -0.1) is 0 Å². The van der Waals surface area contributed by atoms with Gasteiger partial charge in [0.1, 0.15) is 19.3 Å². The molecule has 0 spiro atoms. The molecule has 1 heterocycles. The summed E-state index contributed by atoms with van der Waals surface area (Å²) in [7, 11) is -3.65. The highest BCUT2D eigenvalue weighted by atomic mass is 35.5. The van der Waals surface area contributed by atoms with Gasteiger partial charge in [-0.25, -0.2) is 8.42 Å². The summed E-state index contributed by atoms with van der Waals surface area (Å²) >= 11 is 12.8. The van der Waals surface area contributed by atoms with Gasteiger partial charge < -0.3 is 19.7 Å². The SMILES string of the molecule is CC(C(=O)NC1CCCC1)N(Cc1c(Cl)cccc1Cl)C(=O)CCCN(c1ccc2c(c1)OCCO2)S(C)(=O)=O. The quantitative estimate of drug-likeness (QED) is 0.392. The third kappa shape index (κ3) is 7.53. The van der Waals surface area contributed by atoms with E-state index >= 15 is 0 Å². The number of nitrogens with one attached hydrogen (secondary N) is 1. The zero-order valence-corrected chi connectivity index (χ0v) is 25.0. The lowest BCUT2D eigenvalue weighted by Crippen LogP contribution is -2.49. The van der Waals surface area contributed by atoms with E-state index in [-0.39, 0.29) is 43.8 Å². The number of fused-ring (bicyclic) bond motifs is 1. The highest BCUT2D eigenvalue weighted by Gasteiger charge is 2.30. The zero-order valence-electron chi connectivity index (χ0n) is 22.7. The van der Waals surface area contributed by atoms with Gasteiger partial charge in [-0.2, -0.15) is 0 Å². The second kappa shape index (κ2) is 13.3. The number of anilines is 1. The highest BCUT2D eigenvalue weighted by molar-refractivity contribution is 7.92. The molecule has 2 aromatic rings. The zero-order chi connectivity index (χ0) is 28.9. The van der Waals surface area contributed by atoms with E-state index in [9.17, 15) is 18.0 Å². The smallest absolute Gasteiger partial charge is 0.242 e. The Bertz CT molecular complexity index is 1310. The Kier molecular flexibility index (Phi) is 10.1. The van der Waals surface area contributed by atoms with Crippen LogP contribution < -0.4 is 19.1 Å². The molecule has 1 atom stereocenters. The maximum Gasteiger partial charge on any atom is 0.242 e. The number of ether oxygens (including phenoxy) is 2. The number of hydrogen-bond acceptors (Lipinski definition) is 6. The van der Waals surface area contributed by atoms with Crippen LogP contribution in [0, 0.1) is 0 Å². The fraction of sp³-hybridized carbons (Fsp3) is 0.500. The molecule has 1 aliphatic carbocycles. The number of hydrogen-bond donors (Lipinski definition) is 1. The van der Waals surface area contributed by atoms with Crippen molar-refractivity contribution in [2.45, 2.75) is 64.1 Å². The highest BCUT2D eigenvalue weighted by Crippen LogP contribution is 2.35. The Morgan fingerprint density at radius 2 is 1.70 bits per heavy atom. The number of sulfonamides is 1. The average Bonchev–Trinajstić information content (AvgIpc) is 3.42. The average molecular weight is 613 g/mol. The van der Waals surface area contributed by atoms with E-state index in [1.54, 1.807) is 43.3 Å². The summed E-state index contributed by atoms with van der Waals surface area (Å²) in [5.41, 5.74) is 0.969. The second-order valence-electron chi connectivity index (χ2n) is 10.2. The summed E-state index contributed by atoms with van der Waals surface area (Å²) in [6, 6.07) is 9.36. The summed E-state index contributed by atoms with van der Waals surface area (Å²) in [5, 5.41) is 3.86. The summed E-state index contributed by atoms with van der Waals surface area (Å²) in [6.45, 7) is 2.60. The molecule has 1 N–H and O–H groups in total. The van der Waals surface area contributed by atoms with Crippen molar-refractivity contribution in [2.24, 2.45) is 0 Å². The molecular weight excluding hydrogens is 577 g/mol. The first-order chi connectivity index (χ1) is 19.0. The Hall–Kier alpha value is -2.69. The minimum atomic E-state index is -3.65. The van der Waals surface area contributed by atoms with E-state index in [2.05, 4.69) is 5.32 Å². The minimum absolute atomic E-state index is 0.0136. The van der Waals surface area contributed by atoms with Gasteiger partial charge in [-0.05, 0) is 50.5 Å². The molecular formula is C28H35Cl2N3O6S. The molecule has 0 aromatic heterocycles. The van der Waals surface area contributed by atoms with Crippen LogP contribution in [0.25, 0.3) is 0 Å². The molecule has 0 bridgehead atoms. The van der Waals surface area contributed by atoms with Gasteiger partial charge in [0.15, 0.2) is 11.5 Å². The number of carbonyl (C=O) groups excluding carboxylic acids is 2.